The van der Waals surface area contributed by atoms with E-state index in [9.17, 15) is 14.4 Å². The highest BCUT2D eigenvalue weighted by Gasteiger charge is 2.34. The van der Waals surface area contributed by atoms with Gasteiger partial charge < -0.3 is 34.3 Å². The summed E-state index contributed by atoms with van der Waals surface area (Å²) < 4.78 is 27.5. The van der Waals surface area contributed by atoms with Crippen molar-refractivity contribution < 1.29 is 38.1 Å². The highest BCUT2D eigenvalue weighted by Crippen LogP contribution is 2.49. The zero-order chi connectivity index (χ0) is 26.6. The number of carbonyl (C=O) groups excluding carboxylic acids is 3. The lowest BCUT2D eigenvalue weighted by molar-refractivity contribution is -0.117. The summed E-state index contributed by atoms with van der Waals surface area (Å²) in [6, 6.07) is 7.74. The molecule has 0 radical (unpaired) electrons. The highest BCUT2D eigenvalue weighted by molar-refractivity contribution is 6.04. The predicted octanol–water partition coefficient (Wildman–Crippen LogP) is 4.27. The first-order chi connectivity index (χ1) is 17.0. The first kappa shape index (κ1) is 26.7. The van der Waals surface area contributed by atoms with Crippen molar-refractivity contribution in [2.45, 2.75) is 51.9 Å². The molecule has 1 aliphatic rings. The molecule has 10 heteroatoms. The molecule has 0 saturated carbocycles. The van der Waals surface area contributed by atoms with Crippen LogP contribution in [0.25, 0.3) is 0 Å². The minimum absolute atomic E-state index is 0.0623. The van der Waals surface area contributed by atoms with Crippen LogP contribution >= 0.6 is 0 Å². The molecule has 2 atom stereocenters. The second-order valence-corrected chi connectivity index (χ2v) is 9.23. The normalized spacial score (nSPS) is 15.6. The molecule has 2 amide bonds. The molecule has 194 valence electrons. The number of amides is 2. The second kappa shape index (κ2) is 10.8. The summed E-state index contributed by atoms with van der Waals surface area (Å²) in [5.41, 5.74) is 0.789. The van der Waals surface area contributed by atoms with Crippen LogP contribution < -0.4 is 29.6 Å². The molecule has 1 unspecified atom stereocenters. The van der Waals surface area contributed by atoms with Crippen LogP contribution in [0.5, 0.6) is 23.0 Å². The van der Waals surface area contributed by atoms with Crippen molar-refractivity contribution in [1.82, 2.24) is 5.32 Å². The number of hydrogen-bond acceptors (Lipinski definition) is 8. The van der Waals surface area contributed by atoms with E-state index in [-0.39, 0.29) is 23.5 Å². The van der Waals surface area contributed by atoms with E-state index in [1.54, 1.807) is 58.0 Å². The number of benzene rings is 2. The Labute approximate surface area is 210 Å². The molecule has 3 rings (SSSR count). The summed E-state index contributed by atoms with van der Waals surface area (Å²) >= 11 is 0. The fourth-order valence-electron chi connectivity index (χ4n) is 3.76. The van der Waals surface area contributed by atoms with Gasteiger partial charge in [0, 0.05) is 11.8 Å². The van der Waals surface area contributed by atoms with Crippen molar-refractivity contribution in [3.05, 3.63) is 41.5 Å². The van der Waals surface area contributed by atoms with E-state index in [0.717, 1.165) is 0 Å². The Morgan fingerprint density at radius 1 is 1.06 bits per heavy atom. The van der Waals surface area contributed by atoms with Crippen LogP contribution in [0.4, 0.5) is 10.5 Å². The van der Waals surface area contributed by atoms with Gasteiger partial charge in [0.05, 0.1) is 27.8 Å². The lowest BCUT2D eigenvalue weighted by atomic mass is 9.94. The van der Waals surface area contributed by atoms with Crippen molar-refractivity contribution in [2.75, 3.05) is 26.6 Å². The van der Waals surface area contributed by atoms with E-state index in [4.69, 9.17) is 23.7 Å². The van der Waals surface area contributed by atoms with Gasteiger partial charge in [-0.1, -0.05) is 12.1 Å². The Morgan fingerprint density at radius 2 is 1.75 bits per heavy atom. The molecule has 0 aliphatic carbocycles. The smallest absolute Gasteiger partial charge is 0.408 e. The van der Waals surface area contributed by atoms with Gasteiger partial charge in [-0.3, -0.25) is 9.59 Å². The molecule has 0 spiro atoms. The third kappa shape index (κ3) is 5.99. The molecule has 0 bridgehead atoms. The number of anilines is 1. The fourth-order valence-corrected chi connectivity index (χ4v) is 3.76. The number of Topliss-reactive ketones (excluding diaryl/α,β-unsaturated/α-hetero) is 1. The predicted molar refractivity (Wildman–Crippen MR) is 132 cm³/mol. The Bertz CT molecular complexity index is 1160. The first-order valence-corrected chi connectivity index (χ1v) is 11.4. The Balaban J connectivity index is 1.78. The maximum Gasteiger partial charge on any atom is 0.408 e. The molecule has 0 saturated heterocycles. The molecule has 1 heterocycles. The molecule has 36 heavy (non-hydrogen) atoms. The average Bonchev–Trinajstić information content (AvgIpc) is 2.81. The molecule has 2 aromatic rings. The zero-order valence-electron chi connectivity index (χ0n) is 21.5. The molecular weight excluding hydrogens is 468 g/mol. The van der Waals surface area contributed by atoms with Crippen LogP contribution in [0.15, 0.2) is 30.3 Å². The third-order valence-corrected chi connectivity index (χ3v) is 5.37. The Kier molecular flexibility index (Phi) is 7.96. The van der Waals surface area contributed by atoms with Gasteiger partial charge in [-0.05, 0) is 45.4 Å². The van der Waals surface area contributed by atoms with E-state index in [2.05, 4.69) is 10.6 Å². The lowest BCUT2D eigenvalue weighted by Gasteiger charge is -2.28. The molecule has 2 N–H and O–H groups in total. The van der Waals surface area contributed by atoms with Crippen molar-refractivity contribution in [2.24, 2.45) is 0 Å². The van der Waals surface area contributed by atoms with Gasteiger partial charge in [-0.25, -0.2) is 4.79 Å². The number of hydrogen-bond donors (Lipinski definition) is 2. The molecule has 1 aliphatic heterocycles. The molecular formula is C26H32N2O8. The number of methoxy groups -OCH3 is 3. The maximum absolute atomic E-state index is 13.1. The van der Waals surface area contributed by atoms with E-state index >= 15 is 0 Å². The van der Waals surface area contributed by atoms with Gasteiger partial charge in [-0.2, -0.15) is 0 Å². The largest absolute Gasteiger partial charge is 0.493 e. The molecule has 0 fully saturated rings. The Hall–Kier alpha value is -3.95. The highest BCUT2D eigenvalue weighted by atomic mass is 16.6. The number of rotatable bonds is 7. The van der Waals surface area contributed by atoms with Gasteiger partial charge in [0.15, 0.2) is 17.3 Å². The topological polar surface area (TPSA) is 121 Å². The lowest BCUT2D eigenvalue weighted by Crippen LogP contribution is -2.44. The second-order valence-electron chi connectivity index (χ2n) is 9.23. The summed E-state index contributed by atoms with van der Waals surface area (Å²) in [7, 11) is 4.39. The van der Waals surface area contributed by atoms with Crippen molar-refractivity contribution in [3.8, 4) is 23.0 Å². The van der Waals surface area contributed by atoms with Gasteiger partial charge in [0.1, 0.15) is 29.1 Å². The number of ketones is 1. The van der Waals surface area contributed by atoms with Crippen LogP contribution in [0.2, 0.25) is 0 Å². The van der Waals surface area contributed by atoms with Gasteiger partial charge in [0.25, 0.3) is 0 Å². The number of fused-ring (bicyclic) bond motifs is 1. The molecule has 0 aromatic heterocycles. The molecule has 2 aromatic carbocycles. The van der Waals surface area contributed by atoms with Crippen molar-refractivity contribution in [3.63, 3.8) is 0 Å². The fraction of sp³-hybridized carbons (Fsp3) is 0.423. The number of ether oxygens (including phenoxy) is 5. The summed E-state index contributed by atoms with van der Waals surface area (Å²) in [6.07, 6.45) is -1.22. The standard InChI is InChI=1S/C26H32N2O8/c1-14(27-25(31)36-26(2,3)4)24(30)28-16-10-8-9-15(11-16)18-12-17(29)21-19(35-18)13-20(32-5)22(33-6)23(21)34-7/h8-11,13-14,18H,12H2,1-7H3,(H,27,31)(H,28,30)/t14-,18?/m0/s1. The Morgan fingerprint density at radius 3 is 2.36 bits per heavy atom. The number of alkyl carbamates (subject to hydrolysis) is 1. The van der Waals surface area contributed by atoms with Gasteiger partial charge in [0.2, 0.25) is 11.7 Å². The van der Waals surface area contributed by atoms with Crippen LogP contribution in [0, 0.1) is 0 Å². The minimum atomic E-state index is -0.835. The van der Waals surface area contributed by atoms with Crippen molar-refractivity contribution >= 4 is 23.5 Å². The number of carbonyl (C=O) groups is 3. The molecule has 10 nitrogen and oxygen atoms in total. The summed E-state index contributed by atoms with van der Waals surface area (Å²) in [5.74, 6) is 0.648. The van der Waals surface area contributed by atoms with Gasteiger partial charge in [-0.15, -0.1) is 0 Å². The number of nitrogens with one attached hydrogen (secondary N) is 2. The summed E-state index contributed by atoms with van der Waals surface area (Å²) in [6.45, 7) is 6.77. The van der Waals surface area contributed by atoms with Crippen molar-refractivity contribution in [1.29, 1.82) is 0 Å². The van der Waals surface area contributed by atoms with E-state index in [0.29, 0.717) is 28.5 Å². The third-order valence-electron chi connectivity index (χ3n) is 5.37. The maximum atomic E-state index is 13.1. The SMILES string of the molecule is COc1cc2c(c(OC)c1OC)C(=O)CC(c1cccc(NC(=O)[C@H](C)NC(=O)OC(C)(C)C)c1)O2. The minimum Gasteiger partial charge on any atom is -0.493 e. The average molecular weight is 501 g/mol. The quantitative estimate of drug-likeness (QED) is 0.578. The van der Waals surface area contributed by atoms with E-state index in [1.807, 2.05) is 0 Å². The van der Waals surface area contributed by atoms with E-state index < -0.39 is 29.7 Å². The van der Waals surface area contributed by atoms with E-state index in [1.165, 1.54) is 21.3 Å². The van der Waals surface area contributed by atoms with Crippen LogP contribution in [0.3, 0.4) is 0 Å². The zero-order valence-corrected chi connectivity index (χ0v) is 21.5. The summed E-state index contributed by atoms with van der Waals surface area (Å²) in [4.78, 5) is 37.7. The van der Waals surface area contributed by atoms with Crippen LogP contribution in [0.1, 0.15) is 56.1 Å². The first-order valence-electron chi connectivity index (χ1n) is 11.4. The summed E-state index contributed by atoms with van der Waals surface area (Å²) in [5, 5.41) is 5.27. The van der Waals surface area contributed by atoms with Gasteiger partial charge >= 0.3 is 6.09 Å². The monoisotopic (exact) mass is 500 g/mol. The van der Waals surface area contributed by atoms with Crippen LogP contribution in [-0.4, -0.2) is 50.8 Å². The van der Waals surface area contributed by atoms with Crippen LogP contribution in [-0.2, 0) is 9.53 Å².